The number of para-hydroxylation sites is 2. The lowest BCUT2D eigenvalue weighted by Crippen LogP contribution is -2.50. The first kappa shape index (κ1) is 14.3. The topological polar surface area (TPSA) is 15.6 Å². The second kappa shape index (κ2) is 5.09. The molecule has 2 heteroatoms. The molecule has 2 aliphatic rings. The van der Waals surface area contributed by atoms with Crippen LogP contribution in [0, 0.1) is 5.92 Å². The van der Waals surface area contributed by atoms with Gasteiger partial charge in [-0.3, -0.25) is 4.99 Å². The Morgan fingerprint density at radius 2 is 1.70 bits per heavy atom. The Balaban J connectivity index is 1.96. The highest BCUT2D eigenvalue weighted by Gasteiger charge is 2.48. The molecule has 0 aromatic heterocycles. The summed E-state index contributed by atoms with van der Waals surface area (Å²) in [5, 5.41) is 0. The Morgan fingerprint density at radius 1 is 1.00 bits per heavy atom. The molecular formula is C21H22N2. The Kier molecular flexibility index (Phi) is 3.15. The zero-order valence-electron chi connectivity index (χ0n) is 13.9. The third kappa shape index (κ3) is 1.98. The molecule has 2 aliphatic heterocycles. The largest absolute Gasteiger partial charge is 0.331 e. The molecule has 2 aromatic carbocycles. The van der Waals surface area contributed by atoms with E-state index in [1.54, 1.807) is 0 Å². The third-order valence-corrected chi connectivity index (χ3v) is 5.39. The van der Waals surface area contributed by atoms with Gasteiger partial charge in [-0.2, -0.15) is 0 Å². The summed E-state index contributed by atoms with van der Waals surface area (Å²) < 4.78 is 0. The summed E-state index contributed by atoms with van der Waals surface area (Å²) in [5.41, 5.74) is 5.10. The molecule has 0 aliphatic carbocycles. The minimum absolute atomic E-state index is 0.140. The maximum atomic E-state index is 4.92. The SMILES string of the molecule is CC(C)C1(C)N=CC=C2c3ccccc3N(c3ccccc3)C21. The number of hydrogen-bond acceptors (Lipinski definition) is 2. The number of dihydropyridines is 1. The van der Waals surface area contributed by atoms with Crippen LogP contribution < -0.4 is 4.90 Å². The normalized spacial score (nSPS) is 25.3. The highest BCUT2D eigenvalue weighted by molar-refractivity contribution is 6.00. The lowest BCUT2D eigenvalue weighted by atomic mass is 9.76. The monoisotopic (exact) mass is 302 g/mol. The van der Waals surface area contributed by atoms with Crippen molar-refractivity contribution in [2.24, 2.45) is 10.9 Å². The molecule has 0 saturated heterocycles. The van der Waals surface area contributed by atoms with E-state index in [2.05, 4.69) is 86.3 Å². The van der Waals surface area contributed by atoms with Gasteiger partial charge in [-0.05, 0) is 42.7 Å². The summed E-state index contributed by atoms with van der Waals surface area (Å²) >= 11 is 0. The first-order valence-electron chi connectivity index (χ1n) is 8.32. The average Bonchev–Trinajstić information content (AvgIpc) is 2.92. The molecule has 0 spiro atoms. The van der Waals surface area contributed by atoms with Gasteiger partial charge in [0, 0.05) is 23.2 Å². The average molecular weight is 302 g/mol. The fourth-order valence-corrected chi connectivity index (χ4v) is 3.80. The quantitative estimate of drug-likeness (QED) is 0.754. The van der Waals surface area contributed by atoms with Crippen LogP contribution in [0.2, 0.25) is 0 Å². The maximum absolute atomic E-state index is 4.92. The number of hydrogen-bond donors (Lipinski definition) is 0. The van der Waals surface area contributed by atoms with Gasteiger partial charge >= 0.3 is 0 Å². The van der Waals surface area contributed by atoms with E-state index in [0.29, 0.717) is 5.92 Å². The van der Waals surface area contributed by atoms with Gasteiger partial charge in [-0.15, -0.1) is 0 Å². The highest BCUT2D eigenvalue weighted by atomic mass is 15.2. The van der Waals surface area contributed by atoms with Crippen LogP contribution in [-0.4, -0.2) is 17.8 Å². The Hall–Kier alpha value is -2.35. The number of fused-ring (bicyclic) bond motifs is 3. The standard InChI is InChI=1S/C21H22N2/c1-15(2)21(3)20-18(13-14-22-21)17-11-7-8-12-19(17)23(20)16-9-5-4-6-10-16/h4-15,20H,1-3H3. The fraction of sp³-hybridized carbons (Fsp3) is 0.286. The summed E-state index contributed by atoms with van der Waals surface area (Å²) in [7, 11) is 0. The van der Waals surface area contributed by atoms with E-state index in [-0.39, 0.29) is 11.6 Å². The summed E-state index contributed by atoms with van der Waals surface area (Å²) in [6.45, 7) is 6.83. The van der Waals surface area contributed by atoms with Gasteiger partial charge in [0.15, 0.2) is 0 Å². The Morgan fingerprint density at radius 3 is 2.43 bits per heavy atom. The summed E-state index contributed by atoms with van der Waals surface area (Å²) in [5.74, 6) is 0.452. The molecule has 2 unspecified atom stereocenters. The summed E-state index contributed by atoms with van der Waals surface area (Å²) in [4.78, 5) is 7.39. The van der Waals surface area contributed by atoms with Crippen molar-refractivity contribution in [3.05, 3.63) is 66.2 Å². The molecule has 0 saturated carbocycles. The third-order valence-electron chi connectivity index (χ3n) is 5.39. The lowest BCUT2D eigenvalue weighted by Gasteiger charge is -2.43. The van der Waals surface area contributed by atoms with Gasteiger partial charge in [-0.1, -0.05) is 50.2 Å². The second-order valence-corrected chi connectivity index (χ2v) is 6.91. The van der Waals surface area contributed by atoms with E-state index in [0.717, 1.165) is 0 Å². The molecule has 2 atom stereocenters. The van der Waals surface area contributed by atoms with Gasteiger partial charge in [0.1, 0.15) is 0 Å². The van der Waals surface area contributed by atoms with Gasteiger partial charge < -0.3 is 4.90 Å². The first-order chi connectivity index (χ1) is 11.1. The number of anilines is 2. The van der Waals surface area contributed by atoms with Crippen molar-refractivity contribution in [1.82, 2.24) is 0 Å². The van der Waals surface area contributed by atoms with Crippen molar-refractivity contribution < 1.29 is 0 Å². The fourth-order valence-electron chi connectivity index (χ4n) is 3.80. The van der Waals surface area contributed by atoms with Gasteiger partial charge in [-0.25, -0.2) is 0 Å². The van der Waals surface area contributed by atoms with Crippen molar-refractivity contribution in [1.29, 1.82) is 0 Å². The molecule has 0 fully saturated rings. The molecule has 2 nitrogen and oxygen atoms in total. The molecule has 0 radical (unpaired) electrons. The molecule has 116 valence electrons. The van der Waals surface area contributed by atoms with E-state index in [1.807, 2.05) is 6.21 Å². The first-order valence-corrected chi connectivity index (χ1v) is 8.32. The predicted octanol–water partition coefficient (Wildman–Crippen LogP) is 5.09. The molecule has 0 bridgehead atoms. The van der Waals surface area contributed by atoms with Gasteiger partial charge in [0.2, 0.25) is 0 Å². The van der Waals surface area contributed by atoms with Crippen molar-refractivity contribution in [2.45, 2.75) is 32.4 Å². The van der Waals surface area contributed by atoms with Crippen molar-refractivity contribution in [3.8, 4) is 0 Å². The zero-order valence-corrected chi connectivity index (χ0v) is 13.9. The predicted molar refractivity (Wildman–Crippen MR) is 98.5 cm³/mol. The minimum Gasteiger partial charge on any atom is -0.331 e. The van der Waals surface area contributed by atoms with Crippen molar-refractivity contribution in [3.63, 3.8) is 0 Å². The van der Waals surface area contributed by atoms with Crippen LogP contribution >= 0.6 is 0 Å². The Labute approximate surface area is 138 Å². The summed E-state index contributed by atoms with van der Waals surface area (Å²) in [6.07, 6.45) is 4.19. The van der Waals surface area contributed by atoms with Crippen LogP contribution in [0.25, 0.3) is 5.57 Å². The van der Waals surface area contributed by atoms with E-state index in [9.17, 15) is 0 Å². The van der Waals surface area contributed by atoms with Crippen LogP contribution in [0.3, 0.4) is 0 Å². The van der Waals surface area contributed by atoms with Crippen LogP contribution in [0.15, 0.2) is 65.7 Å². The second-order valence-electron chi connectivity index (χ2n) is 6.91. The van der Waals surface area contributed by atoms with E-state index in [4.69, 9.17) is 4.99 Å². The number of rotatable bonds is 2. The van der Waals surface area contributed by atoms with Crippen LogP contribution in [0.5, 0.6) is 0 Å². The van der Waals surface area contributed by atoms with Crippen LogP contribution in [-0.2, 0) is 0 Å². The number of nitrogens with zero attached hydrogens (tertiary/aromatic N) is 2. The van der Waals surface area contributed by atoms with Crippen molar-refractivity contribution in [2.75, 3.05) is 4.90 Å². The van der Waals surface area contributed by atoms with E-state index in [1.165, 1.54) is 22.5 Å². The molecule has 2 heterocycles. The van der Waals surface area contributed by atoms with Crippen LogP contribution in [0.4, 0.5) is 11.4 Å². The molecule has 2 aromatic rings. The van der Waals surface area contributed by atoms with E-state index < -0.39 is 0 Å². The number of benzene rings is 2. The molecule has 23 heavy (non-hydrogen) atoms. The molecule has 0 amide bonds. The maximum Gasteiger partial charge on any atom is 0.0850 e. The van der Waals surface area contributed by atoms with Gasteiger partial charge in [0.25, 0.3) is 0 Å². The number of aliphatic imine (C=N–C) groups is 1. The Bertz CT molecular complexity index is 788. The lowest BCUT2D eigenvalue weighted by molar-refractivity contribution is 0.318. The molecule has 0 N–H and O–H groups in total. The van der Waals surface area contributed by atoms with Crippen molar-refractivity contribution >= 4 is 23.2 Å². The van der Waals surface area contributed by atoms with Gasteiger partial charge in [0.05, 0.1) is 11.6 Å². The number of allylic oxidation sites excluding steroid dienone is 1. The highest BCUT2D eigenvalue weighted by Crippen LogP contribution is 2.51. The van der Waals surface area contributed by atoms with Crippen LogP contribution in [0.1, 0.15) is 26.3 Å². The molecular weight excluding hydrogens is 280 g/mol. The zero-order chi connectivity index (χ0) is 16.0. The minimum atomic E-state index is -0.140. The summed E-state index contributed by atoms with van der Waals surface area (Å²) in [6, 6.07) is 19.6. The van der Waals surface area contributed by atoms with E-state index >= 15 is 0 Å². The smallest absolute Gasteiger partial charge is 0.0850 e. The molecule has 4 rings (SSSR count).